The first-order valence-corrected chi connectivity index (χ1v) is 7.30. The van der Waals surface area contributed by atoms with E-state index in [1.165, 1.54) is 32.4 Å². The fourth-order valence-electron chi connectivity index (χ4n) is 2.62. The van der Waals surface area contributed by atoms with Crippen molar-refractivity contribution in [1.82, 2.24) is 10.2 Å². The number of nitrogens with zero attached hydrogens (tertiary/aromatic N) is 2. The third-order valence-corrected chi connectivity index (χ3v) is 3.77. The van der Waals surface area contributed by atoms with Gasteiger partial charge < -0.3 is 21.2 Å². The van der Waals surface area contributed by atoms with Crippen LogP contribution < -0.4 is 11.1 Å². The van der Waals surface area contributed by atoms with Crippen LogP contribution in [0.15, 0.2) is 29.4 Å². The van der Waals surface area contributed by atoms with Crippen LogP contribution in [0.4, 0.5) is 0 Å². The lowest BCUT2D eigenvalue weighted by atomic mass is 10.1. The maximum absolute atomic E-state index is 8.79. The molecule has 0 atom stereocenters. The molecule has 110 valence electrons. The molecule has 0 saturated carbocycles. The van der Waals surface area contributed by atoms with Crippen LogP contribution in [0, 0.1) is 0 Å². The van der Waals surface area contributed by atoms with Crippen molar-refractivity contribution in [1.29, 1.82) is 0 Å². The summed E-state index contributed by atoms with van der Waals surface area (Å²) in [5.74, 6) is 0.165. The summed E-state index contributed by atoms with van der Waals surface area (Å²) in [5.41, 5.74) is 7.53. The van der Waals surface area contributed by atoms with Crippen LogP contribution in [0.1, 0.15) is 30.4 Å². The number of nitrogens with one attached hydrogen (secondary N) is 1. The lowest BCUT2D eigenvalue weighted by molar-refractivity contribution is 0.229. The van der Waals surface area contributed by atoms with Crippen LogP contribution in [-0.4, -0.2) is 42.1 Å². The highest BCUT2D eigenvalue weighted by molar-refractivity contribution is 5.98. The van der Waals surface area contributed by atoms with E-state index in [-0.39, 0.29) is 5.84 Å². The fourth-order valence-corrected chi connectivity index (χ4v) is 2.62. The molecule has 0 radical (unpaired) electrons. The molecular weight excluding hydrogens is 252 g/mol. The molecule has 20 heavy (non-hydrogen) atoms. The molecule has 1 aromatic rings. The van der Waals surface area contributed by atoms with Gasteiger partial charge in [-0.15, -0.1) is 0 Å². The SMILES string of the molecule is NC(=NO)c1ccccc1CNCCN1CCCCC1. The monoisotopic (exact) mass is 276 g/mol. The number of nitrogens with two attached hydrogens (primary N) is 1. The standard InChI is InChI=1S/C15H24N4O/c16-15(18-20)14-7-3-2-6-13(14)12-17-8-11-19-9-4-1-5-10-19/h2-3,6-7,17,20H,1,4-5,8-12H2,(H2,16,18). The number of oxime groups is 1. The average molecular weight is 276 g/mol. The molecule has 0 unspecified atom stereocenters. The van der Waals surface area contributed by atoms with Crippen LogP contribution in [-0.2, 0) is 6.54 Å². The summed E-state index contributed by atoms with van der Waals surface area (Å²) in [7, 11) is 0. The van der Waals surface area contributed by atoms with Gasteiger partial charge in [0.1, 0.15) is 0 Å². The van der Waals surface area contributed by atoms with Gasteiger partial charge in [-0.2, -0.15) is 0 Å². The molecule has 1 aliphatic rings. The maximum Gasteiger partial charge on any atom is 0.170 e. The van der Waals surface area contributed by atoms with Crippen molar-refractivity contribution in [3.8, 4) is 0 Å². The Bertz CT molecular complexity index is 441. The van der Waals surface area contributed by atoms with Crippen molar-refractivity contribution >= 4 is 5.84 Å². The Morgan fingerprint density at radius 1 is 1.25 bits per heavy atom. The zero-order valence-electron chi connectivity index (χ0n) is 11.9. The van der Waals surface area contributed by atoms with E-state index in [1.807, 2.05) is 24.3 Å². The second-order valence-electron chi connectivity index (χ2n) is 5.22. The molecule has 2 rings (SSSR count). The number of hydrogen-bond donors (Lipinski definition) is 3. The van der Waals surface area contributed by atoms with E-state index < -0.39 is 0 Å². The highest BCUT2D eigenvalue weighted by atomic mass is 16.4. The molecule has 1 heterocycles. The summed E-state index contributed by atoms with van der Waals surface area (Å²) in [6.07, 6.45) is 4.02. The molecule has 5 nitrogen and oxygen atoms in total. The van der Waals surface area contributed by atoms with Crippen molar-refractivity contribution in [2.45, 2.75) is 25.8 Å². The predicted octanol–water partition coefficient (Wildman–Crippen LogP) is 1.36. The predicted molar refractivity (Wildman–Crippen MR) is 81.0 cm³/mol. The van der Waals surface area contributed by atoms with Gasteiger partial charge in [0.05, 0.1) is 0 Å². The van der Waals surface area contributed by atoms with E-state index in [4.69, 9.17) is 10.9 Å². The van der Waals surface area contributed by atoms with Crippen LogP contribution in [0.5, 0.6) is 0 Å². The van der Waals surface area contributed by atoms with E-state index in [0.29, 0.717) is 0 Å². The summed E-state index contributed by atoms with van der Waals surface area (Å²) in [4.78, 5) is 2.51. The molecule has 1 saturated heterocycles. The molecule has 1 fully saturated rings. The van der Waals surface area contributed by atoms with Gasteiger partial charge in [0.25, 0.3) is 0 Å². The summed E-state index contributed by atoms with van der Waals surface area (Å²) < 4.78 is 0. The summed E-state index contributed by atoms with van der Waals surface area (Å²) in [5, 5.41) is 15.3. The minimum absolute atomic E-state index is 0.165. The Kier molecular flexibility index (Phi) is 5.83. The number of rotatable bonds is 6. The Morgan fingerprint density at radius 2 is 2.00 bits per heavy atom. The third kappa shape index (κ3) is 4.21. The lowest BCUT2D eigenvalue weighted by Gasteiger charge is -2.26. The van der Waals surface area contributed by atoms with Gasteiger partial charge in [0.15, 0.2) is 5.84 Å². The van der Waals surface area contributed by atoms with Crippen LogP contribution >= 0.6 is 0 Å². The second-order valence-corrected chi connectivity index (χ2v) is 5.22. The topological polar surface area (TPSA) is 73.9 Å². The normalized spacial score (nSPS) is 17.3. The number of amidine groups is 1. The Labute approximate surface area is 120 Å². The smallest absolute Gasteiger partial charge is 0.170 e. The summed E-state index contributed by atoms with van der Waals surface area (Å²) >= 11 is 0. The minimum Gasteiger partial charge on any atom is -0.409 e. The summed E-state index contributed by atoms with van der Waals surface area (Å²) in [6, 6.07) is 7.73. The Hall–Kier alpha value is -1.59. The average Bonchev–Trinajstić information content (AvgIpc) is 2.52. The molecule has 0 aromatic heterocycles. The van der Waals surface area contributed by atoms with Gasteiger partial charge in [0, 0.05) is 25.2 Å². The van der Waals surface area contributed by atoms with Gasteiger partial charge in [-0.1, -0.05) is 35.8 Å². The van der Waals surface area contributed by atoms with Crippen molar-refractivity contribution in [2.24, 2.45) is 10.9 Å². The number of piperidine rings is 1. The molecule has 0 amide bonds. The van der Waals surface area contributed by atoms with E-state index >= 15 is 0 Å². The first kappa shape index (κ1) is 14.8. The number of hydrogen-bond acceptors (Lipinski definition) is 4. The van der Waals surface area contributed by atoms with E-state index in [0.717, 1.165) is 30.8 Å². The van der Waals surface area contributed by atoms with Crippen LogP contribution in [0.25, 0.3) is 0 Å². The Balaban J connectivity index is 1.79. The molecule has 4 N–H and O–H groups in total. The van der Waals surface area contributed by atoms with Crippen molar-refractivity contribution in [2.75, 3.05) is 26.2 Å². The van der Waals surface area contributed by atoms with Gasteiger partial charge in [-0.05, 0) is 31.5 Å². The lowest BCUT2D eigenvalue weighted by Crippen LogP contribution is -2.35. The maximum atomic E-state index is 8.79. The van der Waals surface area contributed by atoms with Crippen molar-refractivity contribution in [3.05, 3.63) is 35.4 Å². The quantitative estimate of drug-likeness (QED) is 0.241. The molecule has 1 aliphatic heterocycles. The van der Waals surface area contributed by atoms with Crippen LogP contribution in [0.3, 0.4) is 0 Å². The molecule has 0 bridgehead atoms. The fraction of sp³-hybridized carbons (Fsp3) is 0.533. The number of benzene rings is 1. The minimum atomic E-state index is 0.165. The molecule has 1 aromatic carbocycles. The molecule has 0 spiro atoms. The summed E-state index contributed by atoms with van der Waals surface area (Å²) in [6.45, 7) is 5.24. The first-order chi connectivity index (χ1) is 9.81. The van der Waals surface area contributed by atoms with Gasteiger partial charge in [-0.25, -0.2) is 0 Å². The largest absolute Gasteiger partial charge is 0.409 e. The van der Waals surface area contributed by atoms with Gasteiger partial charge in [-0.3, -0.25) is 0 Å². The van der Waals surface area contributed by atoms with Gasteiger partial charge >= 0.3 is 0 Å². The van der Waals surface area contributed by atoms with E-state index in [1.54, 1.807) is 0 Å². The van der Waals surface area contributed by atoms with E-state index in [2.05, 4.69) is 15.4 Å². The third-order valence-electron chi connectivity index (χ3n) is 3.77. The zero-order chi connectivity index (χ0) is 14.2. The number of likely N-dealkylation sites (tertiary alicyclic amines) is 1. The molecule has 0 aliphatic carbocycles. The molecule has 5 heteroatoms. The highest BCUT2D eigenvalue weighted by Crippen LogP contribution is 2.09. The van der Waals surface area contributed by atoms with Crippen molar-refractivity contribution < 1.29 is 5.21 Å². The highest BCUT2D eigenvalue weighted by Gasteiger charge is 2.09. The second kappa shape index (κ2) is 7.87. The Morgan fingerprint density at radius 3 is 2.75 bits per heavy atom. The van der Waals surface area contributed by atoms with Gasteiger partial charge in [0.2, 0.25) is 0 Å². The zero-order valence-corrected chi connectivity index (χ0v) is 11.9. The first-order valence-electron chi connectivity index (χ1n) is 7.30. The van der Waals surface area contributed by atoms with Crippen LogP contribution in [0.2, 0.25) is 0 Å². The van der Waals surface area contributed by atoms with Crippen molar-refractivity contribution in [3.63, 3.8) is 0 Å². The van der Waals surface area contributed by atoms with E-state index in [9.17, 15) is 0 Å². The molecular formula is C15H24N4O.